The van der Waals surface area contributed by atoms with Gasteiger partial charge in [-0.25, -0.2) is 0 Å². The Hall–Kier alpha value is -1.71. The quantitative estimate of drug-likeness (QED) is 0.898. The Morgan fingerprint density at radius 3 is 2.00 bits per heavy atom. The van der Waals surface area contributed by atoms with Crippen LogP contribution in [0.3, 0.4) is 0 Å². The zero-order valence-corrected chi connectivity index (χ0v) is 11.9. The van der Waals surface area contributed by atoms with Crippen LogP contribution in [0.2, 0.25) is 10.0 Å². The minimum absolute atomic E-state index is 0.0403. The second-order valence-corrected chi connectivity index (χ2v) is 5.08. The van der Waals surface area contributed by atoms with Crippen LogP contribution in [-0.4, -0.2) is 17.7 Å². The predicted octanol–water partition coefficient (Wildman–Crippen LogP) is 4.24. The molecule has 0 bridgehead atoms. The normalized spacial score (nSPS) is 11.9. The lowest BCUT2D eigenvalue weighted by Crippen LogP contribution is -2.19. The van der Waals surface area contributed by atoms with E-state index in [0.29, 0.717) is 21.4 Å². The van der Waals surface area contributed by atoms with Crippen molar-refractivity contribution < 1.29 is 14.6 Å². The van der Waals surface area contributed by atoms with Crippen LogP contribution in [0, 0.1) is 0 Å². The number of halogens is 2. The minimum atomic E-state index is -0.943. The summed E-state index contributed by atoms with van der Waals surface area (Å²) in [6, 6.07) is 13.5. The van der Waals surface area contributed by atoms with Crippen molar-refractivity contribution in [2.24, 2.45) is 0 Å². The van der Waals surface area contributed by atoms with Crippen LogP contribution in [0.25, 0.3) is 0 Å². The monoisotopic (exact) mass is 310 g/mol. The van der Waals surface area contributed by atoms with E-state index < -0.39 is 11.9 Å². The van der Waals surface area contributed by atoms with Gasteiger partial charge in [0.1, 0.15) is 18.3 Å². The molecule has 1 atom stereocenters. The Morgan fingerprint density at radius 2 is 1.50 bits per heavy atom. The third-order valence-corrected chi connectivity index (χ3v) is 3.30. The lowest BCUT2D eigenvalue weighted by Gasteiger charge is -2.14. The number of aliphatic carboxylic acids is 1. The van der Waals surface area contributed by atoms with Gasteiger partial charge in [0.2, 0.25) is 0 Å². The SMILES string of the molecule is O=C(O)C(COc1ccc(Cl)cc1)c1ccc(Cl)cc1. The molecule has 3 nitrogen and oxygen atoms in total. The van der Waals surface area contributed by atoms with Crippen molar-refractivity contribution in [3.8, 4) is 5.75 Å². The summed E-state index contributed by atoms with van der Waals surface area (Å²) in [4.78, 5) is 11.3. The second kappa shape index (κ2) is 6.64. The largest absolute Gasteiger partial charge is 0.492 e. The number of hydrogen-bond donors (Lipinski definition) is 1. The number of hydrogen-bond acceptors (Lipinski definition) is 2. The van der Waals surface area contributed by atoms with Gasteiger partial charge in [-0.05, 0) is 42.0 Å². The Morgan fingerprint density at radius 1 is 1.00 bits per heavy atom. The van der Waals surface area contributed by atoms with Crippen molar-refractivity contribution in [3.05, 3.63) is 64.1 Å². The van der Waals surface area contributed by atoms with Gasteiger partial charge in [-0.15, -0.1) is 0 Å². The summed E-state index contributed by atoms with van der Waals surface area (Å²) in [6.45, 7) is 0.0403. The maximum atomic E-state index is 11.3. The highest BCUT2D eigenvalue weighted by Gasteiger charge is 2.20. The minimum Gasteiger partial charge on any atom is -0.492 e. The molecule has 0 aliphatic carbocycles. The zero-order valence-electron chi connectivity index (χ0n) is 10.4. The molecule has 0 amide bonds. The number of carbonyl (C=O) groups is 1. The summed E-state index contributed by atoms with van der Waals surface area (Å²) in [6.07, 6.45) is 0. The number of carboxylic acids is 1. The van der Waals surface area contributed by atoms with E-state index in [1.54, 1.807) is 48.5 Å². The third-order valence-electron chi connectivity index (χ3n) is 2.80. The van der Waals surface area contributed by atoms with Crippen molar-refractivity contribution in [1.82, 2.24) is 0 Å². The van der Waals surface area contributed by atoms with Crippen LogP contribution in [0.4, 0.5) is 0 Å². The molecule has 0 aliphatic heterocycles. The molecule has 2 rings (SSSR count). The molecule has 0 heterocycles. The van der Waals surface area contributed by atoms with Gasteiger partial charge < -0.3 is 9.84 Å². The average molecular weight is 311 g/mol. The summed E-state index contributed by atoms with van der Waals surface area (Å²) < 4.78 is 5.50. The van der Waals surface area contributed by atoms with Gasteiger partial charge in [-0.2, -0.15) is 0 Å². The number of carboxylic acid groups (broad SMARTS) is 1. The van der Waals surface area contributed by atoms with Crippen LogP contribution < -0.4 is 4.74 Å². The van der Waals surface area contributed by atoms with E-state index in [4.69, 9.17) is 27.9 Å². The highest BCUT2D eigenvalue weighted by molar-refractivity contribution is 6.30. The van der Waals surface area contributed by atoms with Crippen molar-refractivity contribution in [1.29, 1.82) is 0 Å². The standard InChI is InChI=1S/C15H12Cl2O3/c16-11-3-1-10(2-4-11)14(15(18)19)9-20-13-7-5-12(17)6-8-13/h1-8,14H,9H2,(H,18,19). The molecule has 0 radical (unpaired) electrons. The molecule has 2 aromatic carbocycles. The molecule has 20 heavy (non-hydrogen) atoms. The molecular formula is C15H12Cl2O3. The smallest absolute Gasteiger partial charge is 0.314 e. The van der Waals surface area contributed by atoms with Gasteiger partial charge in [0.15, 0.2) is 0 Å². The first-order valence-corrected chi connectivity index (χ1v) is 6.68. The van der Waals surface area contributed by atoms with E-state index in [-0.39, 0.29) is 6.61 Å². The highest BCUT2D eigenvalue weighted by Crippen LogP contribution is 2.22. The molecule has 0 aromatic heterocycles. The summed E-state index contributed by atoms with van der Waals surface area (Å²) in [5.41, 5.74) is 0.649. The van der Waals surface area contributed by atoms with E-state index in [0.717, 1.165) is 0 Å². The van der Waals surface area contributed by atoms with E-state index in [2.05, 4.69) is 0 Å². The van der Waals surface area contributed by atoms with Gasteiger partial charge >= 0.3 is 5.97 Å². The number of rotatable bonds is 5. The summed E-state index contributed by atoms with van der Waals surface area (Å²) in [7, 11) is 0. The number of benzene rings is 2. The van der Waals surface area contributed by atoms with Crippen LogP contribution >= 0.6 is 23.2 Å². The first-order chi connectivity index (χ1) is 9.56. The maximum absolute atomic E-state index is 11.3. The molecule has 2 aromatic rings. The second-order valence-electron chi connectivity index (χ2n) is 4.21. The molecule has 5 heteroatoms. The van der Waals surface area contributed by atoms with E-state index in [9.17, 15) is 9.90 Å². The lowest BCUT2D eigenvalue weighted by molar-refractivity contribution is -0.139. The average Bonchev–Trinajstić information content (AvgIpc) is 2.43. The molecule has 0 spiro atoms. The summed E-state index contributed by atoms with van der Waals surface area (Å²) in [5, 5.41) is 10.5. The molecule has 1 unspecified atom stereocenters. The molecule has 0 saturated heterocycles. The fourth-order valence-electron chi connectivity index (χ4n) is 1.72. The molecule has 0 saturated carbocycles. The molecule has 104 valence electrons. The van der Waals surface area contributed by atoms with Gasteiger partial charge in [0.05, 0.1) is 0 Å². The zero-order chi connectivity index (χ0) is 14.5. The highest BCUT2D eigenvalue weighted by atomic mass is 35.5. The Kier molecular flexibility index (Phi) is 4.88. The number of ether oxygens (including phenoxy) is 1. The van der Waals surface area contributed by atoms with Crippen molar-refractivity contribution >= 4 is 29.2 Å². The van der Waals surface area contributed by atoms with Crippen LogP contribution in [0.5, 0.6) is 5.75 Å². The van der Waals surface area contributed by atoms with Crippen LogP contribution in [0.15, 0.2) is 48.5 Å². The molecular weight excluding hydrogens is 299 g/mol. The molecule has 0 fully saturated rings. The molecule has 0 aliphatic rings. The van der Waals surface area contributed by atoms with Crippen LogP contribution in [0.1, 0.15) is 11.5 Å². The van der Waals surface area contributed by atoms with E-state index in [1.807, 2.05) is 0 Å². The van der Waals surface area contributed by atoms with Gasteiger partial charge in [0.25, 0.3) is 0 Å². The fourth-order valence-corrected chi connectivity index (χ4v) is 1.97. The summed E-state index contributed by atoms with van der Waals surface area (Å²) >= 11 is 11.6. The van der Waals surface area contributed by atoms with Gasteiger partial charge in [0, 0.05) is 10.0 Å². The first-order valence-electron chi connectivity index (χ1n) is 5.93. The van der Waals surface area contributed by atoms with Gasteiger partial charge in [-0.3, -0.25) is 4.79 Å². The van der Waals surface area contributed by atoms with Crippen LogP contribution in [-0.2, 0) is 4.79 Å². The van der Waals surface area contributed by atoms with Gasteiger partial charge in [-0.1, -0.05) is 35.3 Å². The molecule has 1 N–H and O–H groups in total. The fraction of sp³-hybridized carbons (Fsp3) is 0.133. The van der Waals surface area contributed by atoms with Crippen molar-refractivity contribution in [2.45, 2.75) is 5.92 Å². The topological polar surface area (TPSA) is 46.5 Å². The third kappa shape index (κ3) is 3.89. The Balaban J connectivity index is 2.08. The lowest BCUT2D eigenvalue weighted by atomic mass is 10.0. The Bertz CT molecular complexity index is 579. The van der Waals surface area contributed by atoms with Crippen molar-refractivity contribution in [2.75, 3.05) is 6.61 Å². The maximum Gasteiger partial charge on any atom is 0.314 e. The predicted molar refractivity (Wildman–Crippen MR) is 78.8 cm³/mol. The Labute approximate surface area is 126 Å². The summed E-state index contributed by atoms with van der Waals surface area (Å²) in [5.74, 6) is -1.11. The van der Waals surface area contributed by atoms with E-state index in [1.165, 1.54) is 0 Å². The van der Waals surface area contributed by atoms with E-state index >= 15 is 0 Å². The first kappa shape index (κ1) is 14.7. The van der Waals surface area contributed by atoms with Crippen molar-refractivity contribution in [3.63, 3.8) is 0 Å².